The molecule has 0 fully saturated rings. The fourth-order valence-corrected chi connectivity index (χ4v) is 3.09. The number of ether oxygens (including phenoxy) is 1. The molecule has 0 atom stereocenters. The van der Waals surface area contributed by atoms with Crippen molar-refractivity contribution in [3.05, 3.63) is 83.7 Å². The third kappa shape index (κ3) is 5.60. The molecule has 1 heterocycles. The molecule has 0 saturated carbocycles. The summed E-state index contributed by atoms with van der Waals surface area (Å²) in [7, 11) is 1.49. The minimum absolute atomic E-state index is 0.143. The zero-order chi connectivity index (χ0) is 22.4. The summed E-state index contributed by atoms with van der Waals surface area (Å²) in [6, 6.07) is 16.4. The smallest absolute Gasteiger partial charge is 0.338 e. The van der Waals surface area contributed by atoms with Gasteiger partial charge in [-0.05, 0) is 61.4 Å². The highest BCUT2D eigenvalue weighted by atomic mass is 16.5. The molecule has 0 aliphatic heterocycles. The first kappa shape index (κ1) is 21.8. The largest absolute Gasteiger partial charge is 0.452 e. The molecule has 31 heavy (non-hydrogen) atoms. The van der Waals surface area contributed by atoms with Crippen LogP contribution in [0.25, 0.3) is 5.69 Å². The van der Waals surface area contributed by atoms with Crippen LogP contribution in [-0.4, -0.2) is 47.4 Å². The Kier molecular flexibility index (Phi) is 6.87. The van der Waals surface area contributed by atoms with Crippen LogP contribution < -0.4 is 5.32 Å². The van der Waals surface area contributed by atoms with Crippen molar-refractivity contribution in [1.29, 1.82) is 0 Å². The molecule has 0 saturated heterocycles. The number of nitrogens with one attached hydrogen (secondary N) is 1. The number of aryl methyl sites for hydroxylation is 2. The number of hydrogen-bond donors (Lipinski definition) is 1. The molecule has 0 bridgehead atoms. The first-order valence-corrected chi connectivity index (χ1v) is 9.85. The lowest BCUT2D eigenvalue weighted by Crippen LogP contribution is -2.37. The van der Waals surface area contributed by atoms with Crippen molar-refractivity contribution < 1.29 is 19.1 Å². The summed E-state index contributed by atoms with van der Waals surface area (Å²) < 4.78 is 7.02. The number of rotatable bonds is 7. The van der Waals surface area contributed by atoms with Gasteiger partial charge in [0.2, 0.25) is 5.91 Å². The van der Waals surface area contributed by atoms with Gasteiger partial charge in [0.25, 0.3) is 5.91 Å². The van der Waals surface area contributed by atoms with Crippen LogP contribution in [0.3, 0.4) is 0 Å². The lowest BCUT2D eigenvalue weighted by molar-refractivity contribution is -0.136. The highest BCUT2D eigenvalue weighted by Crippen LogP contribution is 2.19. The van der Waals surface area contributed by atoms with E-state index in [0.717, 1.165) is 22.5 Å². The Balaban J connectivity index is 1.49. The fraction of sp³-hybridized carbons (Fsp3) is 0.208. The van der Waals surface area contributed by atoms with Crippen LogP contribution in [0.2, 0.25) is 0 Å². The number of nitrogens with zero attached hydrogens (tertiary/aromatic N) is 2. The van der Waals surface area contributed by atoms with Gasteiger partial charge < -0.3 is 19.5 Å². The minimum atomic E-state index is -0.596. The van der Waals surface area contributed by atoms with E-state index in [1.165, 1.54) is 11.9 Å². The summed E-state index contributed by atoms with van der Waals surface area (Å²) in [5.41, 5.74) is 3.88. The summed E-state index contributed by atoms with van der Waals surface area (Å²) in [6.07, 6.45) is 3.80. The number of likely N-dealkylation sites (N-methyl/N-ethyl adjacent to an activating group) is 1. The molecule has 1 N–H and O–H groups in total. The van der Waals surface area contributed by atoms with Crippen LogP contribution in [0, 0.1) is 13.8 Å². The molecular weight excluding hydrogens is 394 g/mol. The third-order valence-electron chi connectivity index (χ3n) is 4.88. The molecule has 0 aliphatic carbocycles. The summed E-state index contributed by atoms with van der Waals surface area (Å²) in [5.74, 6) is -1.38. The highest BCUT2D eigenvalue weighted by molar-refractivity contribution is 5.96. The van der Waals surface area contributed by atoms with Crippen molar-refractivity contribution >= 4 is 23.5 Å². The monoisotopic (exact) mass is 419 g/mol. The number of anilines is 1. The Morgan fingerprint density at radius 3 is 2.16 bits per heavy atom. The van der Waals surface area contributed by atoms with Gasteiger partial charge in [0.05, 0.1) is 12.1 Å². The number of benzene rings is 2. The maximum absolute atomic E-state index is 12.3. The van der Waals surface area contributed by atoms with Crippen molar-refractivity contribution in [3.63, 3.8) is 0 Å². The number of carbonyl (C=O) groups excluding carboxylic acids is 3. The molecule has 0 spiro atoms. The second-order valence-corrected chi connectivity index (χ2v) is 7.28. The van der Waals surface area contributed by atoms with Crippen molar-refractivity contribution in [2.75, 3.05) is 25.5 Å². The average molecular weight is 419 g/mol. The highest BCUT2D eigenvalue weighted by Gasteiger charge is 2.17. The summed E-state index contributed by atoms with van der Waals surface area (Å²) in [5, 5.41) is 2.83. The molecule has 7 nitrogen and oxygen atoms in total. The zero-order valence-electron chi connectivity index (χ0n) is 17.8. The molecule has 3 aromatic rings. The Hall–Kier alpha value is -3.87. The molecule has 0 aliphatic rings. The number of esters is 1. The predicted molar refractivity (Wildman–Crippen MR) is 118 cm³/mol. The van der Waals surface area contributed by atoms with Crippen LogP contribution in [0.15, 0.2) is 67.0 Å². The molecule has 1 aromatic heterocycles. The zero-order valence-corrected chi connectivity index (χ0v) is 17.8. The normalized spacial score (nSPS) is 10.4. The lowest BCUT2D eigenvalue weighted by atomic mass is 10.1. The standard InChI is InChI=1S/C24H25N3O4/c1-17-7-6-8-18(2)23(17)25-21(28)15-26(3)22(29)16-31-24(30)19-9-11-20(12-10-19)27-13-4-5-14-27/h4-14H,15-16H2,1-3H3,(H,25,28). The van der Waals surface area contributed by atoms with E-state index in [-0.39, 0.29) is 12.5 Å². The van der Waals surface area contributed by atoms with Crippen LogP contribution in [0.1, 0.15) is 21.5 Å². The van der Waals surface area contributed by atoms with Gasteiger partial charge >= 0.3 is 5.97 Å². The van der Waals surface area contributed by atoms with Gasteiger partial charge in [-0.1, -0.05) is 18.2 Å². The molecule has 160 valence electrons. The number of aromatic nitrogens is 1. The number of carbonyl (C=O) groups is 3. The van der Waals surface area contributed by atoms with E-state index < -0.39 is 18.5 Å². The van der Waals surface area contributed by atoms with Crippen molar-refractivity contribution in [2.24, 2.45) is 0 Å². The second-order valence-electron chi connectivity index (χ2n) is 7.28. The quantitative estimate of drug-likeness (QED) is 0.596. The molecule has 0 unspecified atom stereocenters. The summed E-state index contributed by atoms with van der Waals surface area (Å²) >= 11 is 0. The molecule has 7 heteroatoms. The van der Waals surface area contributed by atoms with Gasteiger partial charge in [-0.15, -0.1) is 0 Å². The minimum Gasteiger partial charge on any atom is -0.452 e. The van der Waals surface area contributed by atoms with Gasteiger partial charge in [0.1, 0.15) is 0 Å². The van der Waals surface area contributed by atoms with Crippen LogP contribution >= 0.6 is 0 Å². The molecular formula is C24H25N3O4. The molecule has 0 radical (unpaired) electrons. The van der Waals surface area contributed by atoms with Crippen LogP contribution in [0.4, 0.5) is 5.69 Å². The molecule has 2 aromatic carbocycles. The first-order valence-electron chi connectivity index (χ1n) is 9.85. The van der Waals surface area contributed by atoms with Crippen molar-refractivity contribution in [3.8, 4) is 5.69 Å². The van der Waals surface area contributed by atoms with Gasteiger partial charge in [0.15, 0.2) is 6.61 Å². The second kappa shape index (κ2) is 9.75. The van der Waals surface area contributed by atoms with Crippen molar-refractivity contribution in [1.82, 2.24) is 9.47 Å². The first-order chi connectivity index (χ1) is 14.8. The van der Waals surface area contributed by atoms with Gasteiger partial charge in [0, 0.05) is 30.8 Å². The fourth-order valence-electron chi connectivity index (χ4n) is 3.09. The predicted octanol–water partition coefficient (Wildman–Crippen LogP) is 3.35. The number of para-hydroxylation sites is 1. The van der Waals surface area contributed by atoms with Crippen LogP contribution in [0.5, 0.6) is 0 Å². The number of hydrogen-bond acceptors (Lipinski definition) is 4. The van der Waals surface area contributed by atoms with E-state index in [1.807, 2.05) is 61.1 Å². The summed E-state index contributed by atoms with van der Waals surface area (Å²) in [6.45, 7) is 3.23. The van der Waals surface area contributed by atoms with Gasteiger partial charge in [-0.2, -0.15) is 0 Å². The van der Waals surface area contributed by atoms with E-state index >= 15 is 0 Å². The van der Waals surface area contributed by atoms with E-state index in [9.17, 15) is 14.4 Å². The molecule has 3 rings (SSSR count). The average Bonchev–Trinajstić information content (AvgIpc) is 3.29. The SMILES string of the molecule is Cc1cccc(C)c1NC(=O)CN(C)C(=O)COC(=O)c1ccc(-n2cccc2)cc1. The van der Waals surface area contributed by atoms with Crippen molar-refractivity contribution in [2.45, 2.75) is 13.8 Å². The Morgan fingerprint density at radius 2 is 1.55 bits per heavy atom. The Bertz CT molecular complexity index is 1050. The lowest BCUT2D eigenvalue weighted by Gasteiger charge is -2.18. The van der Waals surface area contributed by atoms with E-state index in [0.29, 0.717) is 5.56 Å². The van der Waals surface area contributed by atoms with Gasteiger partial charge in [-0.3, -0.25) is 9.59 Å². The molecule has 2 amide bonds. The van der Waals surface area contributed by atoms with E-state index in [4.69, 9.17) is 4.74 Å². The maximum atomic E-state index is 12.3. The topological polar surface area (TPSA) is 80.6 Å². The Labute approximate surface area is 181 Å². The third-order valence-corrected chi connectivity index (χ3v) is 4.88. The Morgan fingerprint density at radius 1 is 0.935 bits per heavy atom. The van der Waals surface area contributed by atoms with E-state index in [1.54, 1.807) is 24.3 Å². The van der Waals surface area contributed by atoms with E-state index in [2.05, 4.69) is 5.32 Å². The number of amides is 2. The summed E-state index contributed by atoms with van der Waals surface area (Å²) in [4.78, 5) is 38.0. The van der Waals surface area contributed by atoms with Crippen LogP contribution in [-0.2, 0) is 14.3 Å². The van der Waals surface area contributed by atoms with Gasteiger partial charge in [-0.25, -0.2) is 4.79 Å². The maximum Gasteiger partial charge on any atom is 0.338 e.